The normalized spacial score (nSPS) is 18.7. The van der Waals surface area contributed by atoms with E-state index in [1.807, 2.05) is 11.8 Å². The Balaban J connectivity index is 1.71. The molecule has 0 aliphatic carbocycles. The number of hydrogen-bond donors (Lipinski definition) is 1. The van der Waals surface area contributed by atoms with E-state index in [-0.39, 0.29) is 0 Å². The molecule has 3 rings (SSSR count). The number of thioether (sulfide) groups is 1. The highest BCUT2D eigenvalue weighted by Crippen LogP contribution is 2.47. The molecule has 5 heteroatoms. The zero-order valence-electron chi connectivity index (χ0n) is 12.5. The maximum absolute atomic E-state index is 4.47. The Kier molecular flexibility index (Phi) is 4.93. The Morgan fingerprint density at radius 1 is 1.29 bits per heavy atom. The molecule has 0 radical (unpaired) electrons. The second-order valence-corrected chi connectivity index (χ2v) is 7.60. The lowest BCUT2D eigenvalue weighted by Gasteiger charge is -2.12. The van der Waals surface area contributed by atoms with Crippen molar-refractivity contribution in [2.75, 3.05) is 6.54 Å². The van der Waals surface area contributed by atoms with Gasteiger partial charge in [-0.25, -0.2) is 0 Å². The predicted molar refractivity (Wildman–Crippen MR) is 90.0 cm³/mol. The predicted octanol–water partition coefficient (Wildman–Crippen LogP) is 4.38. The van der Waals surface area contributed by atoms with Crippen molar-refractivity contribution in [3.05, 3.63) is 39.8 Å². The van der Waals surface area contributed by atoms with Crippen LogP contribution in [0.5, 0.6) is 0 Å². The number of fused-ring (bicyclic) bond motifs is 1. The van der Waals surface area contributed by atoms with Gasteiger partial charge < -0.3 is 5.32 Å². The van der Waals surface area contributed by atoms with Crippen LogP contribution in [0, 0.1) is 0 Å². The van der Waals surface area contributed by atoms with Crippen molar-refractivity contribution in [1.29, 1.82) is 0 Å². The molecule has 1 aromatic heterocycles. The quantitative estimate of drug-likeness (QED) is 0.857. The first kappa shape index (κ1) is 15.0. The van der Waals surface area contributed by atoms with Crippen molar-refractivity contribution >= 4 is 23.1 Å². The van der Waals surface area contributed by atoms with Crippen LogP contribution in [0.1, 0.15) is 53.6 Å². The van der Waals surface area contributed by atoms with E-state index in [0.29, 0.717) is 11.3 Å². The molecule has 0 saturated carbocycles. The molecule has 2 unspecified atom stereocenters. The largest absolute Gasteiger partial charge is 0.308 e. The summed E-state index contributed by atoms with van der Waals surface area (Å²) in [6.45, 7) is 5.43. The first-order valence-electron chi connectivity index (χ1n) is 7.63. The van der Waals surface area contributed by atoms with Gasteiger partial charge in [0.2, 0.25) is 0 Å². The number of benzene rings is 1. The average Bonchev–Trinajstić information content (AvgIpc) is 3.14. The highest BCUT2D eigenvalue weighted by Gasteiger charge is 2.27. The maximum atomic E-state index is 4.47. The number of nitrogens with zero attached hydrogens (tertiary/aromatic N) is 2. The van der Waals surface area contributed by atoms with Crippen LogP contribution in [0.3, 0.4) is 0 Å². The standard InChI is InChI=1S/C16H21N3S2/c1-3-9-17-12(4-2)15-18-19-16(21-15)14-10-11-7-5-6-8-13(11)20-14/h5-8,12,14,17H,3-4,9-10H2,1-2H3. The summed E-state index contributed by atoms with van der Waals surface area (Å²) in [5.74, 6) is 0. The van der Waals surface area contributed by atoms with E-state index in [2.05, 4.69) is 53.6 Å². The number of rotatable bonds is 6. The van der Waals surface area contributed by atoms with Crippen LogP contribution in [-0.2, 0) is 6.42 Å². The van der Waals surface area contributed by atoms with Crippen molar-refractivity contribution in [1.82, 2.24) is 15.5 Å². The van der Waals surface area contributed by atoms with E-state index in [1.165, 1.54) is 15.5 Å². The van der Waals surface area contributed by atoms with Gasteiger partial charge in [-0.3, -0.25) is 0 Å². The fraction of sp³-hybridized carbons (Fsp3) is 0.500. The summed E-state index contributed by atoms with van der Waals surface area (Å²) in [4.78, 5) is 1.40. The molecule has 1 aliphatic heterocycles. The van der Waals surface area contributed by atoms with Gasteiger partial charge in [-0.15, -0.1) is 22.0 Å². The second-order valence-electron chi connectivity index (χ2n) is 5.31. The summed E-state index contributed by atoms with van der Waals surface area (Å²) in [6, 6.07) is 9.02. The van der Waals surface area contributed by atoms with Gasteiger partial charge in [-0.2, -0.15) is 0 Å². The molecular formula is C16H21N3S2. The van der Waals surface area contributed by atoms with Gasteiger partial charge in [-0.05, 0) is 37.4 Å². The highest BCUT2D eigenvalue weighted by molar-refractivity contribution is 8.00. The van der Waals surface area contributed by atoms with Gasteiger partial charge >= 0.3 is 0 Å². The van der Waals surface area contributed by atoms with Crippen LogP contribution in [0.25, 0.3) is 0 Å². The molecule has 1 aromatic carbocycles. The molecule has 0 saturated heterocycles. The number of aromatic nitrogens is 2. The molecule has 3 nitrogen and oxygen atoms in total. The molecule has 112 valence electrons. The van der Waals surface area contributed by atoms with Crippen LogP contribution >= 0.6 is 23.1 Å². The smallest absolute Gasteiger partial charge is 0.134 e. The van der Waals surface area contributed by atoms with E-state index in [0.717, 1.165) is 30.8 Å². The summed E-state index contributed by atoms with van der Waals surface area (Å²) >= 11 is 3.71. The van der Waals surface area contributed by atoms with Crippen LogP contribution in [0.15, 0.2) is 29.2 Å². The van der Waals surface area contributed by atoms with Crippen molar-refractivity contribution < 1.29 is 0 Å². The molecule has 0 amide bonds. The SMILES string of the molecule is CCCNC(CC)c1nnc(C2Cc3ccccc3S2)s1. The second kappa shape index (κ2) is 6.90. The third-order valence-electron chi connectivity index (χ3n) is 3.73. The van der Waals surface area contributed by atoms with E-state index >= 15 is 0 Å². The maximum Gasteiger partial charge on any atom is 0.134 e. The summed E-state index contributed by atoms with van der Waals surface area (Å²) in [6.07, 6.45) is 3.29. The Morgan fingerprint density at radius 3 is 2.90 bits per heavy atom. The summed E-state index contributed by atoms with van der Waals surface area (Å²) in [7, 11) is 0. The minimum absolute atomic E-state index is 0.352. The Bertz CT molecular complexity index is 572. The highest BCUT2D eigenvalue weighted by atomic mass is 32.2. The van der Waals surface area contributed by atoms with Gasteiger partial charge in [0.15, 0.2) is 0 Å². The van der Waals surface area contributed by atoms with Crippen molar-refractivity contribution in [3.8, 4) is 0 Å². The molecule has 0 fully saturated rings. The third-order valence-corrected chi connectivity index (χ3v) is 6.35. The Labute approximate surface area is 134 Å². The van der Waals surface area contributed by atoms with Crippen molar-refractivity contribution in [2.24, 2.45) is 0 Å². The molecule has 2 atom stereocenters. The Hall–Kier alpha value is -0.910. The minimum atomic E-state index is 0.352. The fourth-order valence-electron chi connectivity index (χ4n) is 2.56. The summed E-state index contributed by atoms with van der Waals surface area (Å²) in [5, 5.41) is 15.2. The molecule has 0 spiro atoms. The lowest BCUT2D eigenvalue weighted by atomic mass is 10.1. The minimum Gasteiger partial charge on any atom is -0.308 e. The molecule has 1 aliphatic rings. The molecule has 2 heterocycles. The van der Waals surface area contributed by atoms with E-state index in [1.54, 1.807) is 11.3 Å². The third kappa shape index (κ3) is 3.30. The number of hydrogen-bond acceptors (Lipinski definition) is 5. The van der Waals surface area contributed by atoms with E-state index in [9.17, 15) is 0 Å². The lowest BCUT2D eigenvalue weighted by molar-refractivity contribution is 0.512. The van der Waals surface area contributed by atoms with Gasteiger partial charge in [0.25, 0.3) is 0 Å². The zero-order valence-corrected chi connectivity index (χ0v) is 14.1. The monoisotopic (exact) mass is 319 g/mol. The summed E-state index contributed by atoms with van der Waals surface area (Å²) < 4.78 is 0. The molecular weight excluding hydrogens is 298 g/mol. The van der Waals surface area contributed by atoms with Crippen LogP contribution in [0.4, 0.5) is 0 Å². The average molecular weight is 319 g/mol. The van der Waals surface area contributed by atoms with Crippen molar-refractivity contribution in [3.63, 3.8) is 0 Å². The molecule has 0 bridgehead atoms. The molecule has 21 heavy (non-hydrogen) atoms. The van der Waals surface area contributed by atoms with Gasteiger partial charge in [0, 0.05) is 4.90 Å². The lowest BCUT2D eigenvalue weighted by Crippen LogP contribution is -2.21. The van der Waals surface area contributed by atoms with Gasteiger partial charge in [0.1, 0.15) is 10.0 Å². The molecule has 2 aromatic rings. The molecule has 1 N–H and O–H groups in total. The van der Waals surface area contributed by atoms with E-state index < -0.39 is 0 Å². The van der Waals surface area contributed by atoms with E-state index in [4.69, 9.17) is 0 Å². The zero-order chi connectivity index (χ0) is 14.7. The summed E-state index contributed by atoms with van der Waals surface area (Å²) in [5.41, 5.74) is 1.44. The van der Waals surface area contributed by atoms with Gasteiger partial charge in [0.05, 0.1) is 11.3 Å². The van der Waals surface area contributed by atoms with Crippen molar-refractivity contribution in [2.45, 2.75) is 49.3 Å². The van der Waals surface area contributed by atoms with Crippen LogP contribution < -0.4 is 5.32 Å². The topological polar surface area (TPSA) is 37.8 Å². The Morgan fingerprint density at radius 2 is 2.14 bits per heavy atom. The first-order valence-corrected chi connectivity index (χ1v) is 9.32. The fourth-order valence-corrected chi connectivity index (χ4v) is 5.01. The van der Waals surface area contributed by atoms with Crippen LogP contribution in [-0.4, -0.2) is 16.7 Å². The van der Waals surface area contributed by atoms with Crippen LogP contribution in [0.2, 0.25) is 0 Å². The van der Waals surface area contributed by atoms with Gasteiger partial charge in [-0.1, -0.05) is 43.4 Å². The first-order chi connectivity index (χ1) is 10.3. The number of nitrogens with one attached hydrogen (secondary N) is 1.